The summed E-state index contributed by atoms with van der Waals surface area (Å²) in [5, 5.41) is 14.3. The van der Waals surface area contributed by atoms with Crippen LogP contribution >= 0.6 is 0 Å². The lowest BCUT2D eigenvalue weighted by molar-refractivity contribution is 0.467. The van der Waals surface area contributed by atoms with Crippen molar-refractivity contribution < 1.29 is 5.11 Å². The summed E-state index contributed by atoms with van der Waals surface area (Å²) in [6.07, 6.45) is 2.50. The fourth-order valence-corrected chi connectivity index (χ4v) is 2.53. The maximum Gasteiger partial charge on any atom is 0.254 e. The Balaban J connectivity index is 2.03. The van der Waals surface area contributed by atoms with E-state index in [4.69, 9.17) is 0 Å². The monoisotopic (exact) mass is 297 g/mol. The van der Waals surface area contributed by atoms with Crippen molar-refractivity contribution >= 4 is 11.6 Å². The van der Waals surface area contributed by atoms with Gasteiger partial charge in [-0.3, -0.25) is 0 Å². The predicted octanol–water partition coefficient (Wildman–Crippen LogP) is 2.55. The molecule has 1 aromatic carbocycles. The highest BCUT2D eigenvalue weighted by Gasteiger charge is 2.14. The van der Waals surface area contributed by atoms with Crippen LogP contribution in [0.5, 0.6) is 5.75 Å². The van der Waals surface area contributed by atoms with E-state index < -0.39 is 0 Å². The summed E-state index contributed by atoms with van der Waals surface area (Å²) in [6, 6.07) is 9.40. The number of benzene rings is 1. The SMILES string of the molecule is CCCN(Cc1ccccc1O)c1cc(C)nc2ncnn12. The van der Waals surface area contributed by atoms with E-state index in [-0.39, 0.29) is 0 Å². The maximum absolute atomic E-state index is 10.0. The van der Waals surface area contributed by atoms with Crippen LogP contribution in [0, 0.1) is 6.92 Å². The molecule has 0 aliphatic rings. The fraction of sp³-hybridized carbons (Fsp3) is 0.312. The first-order valence-corrected chi connectivity index (χ1v) is 7.38. The summed E-state index contributed by atoms with van der Waals surface area (Å²) in [4.78, 5) is 10.7. The van der Waals surface area contributed by atoms with Crippen molar-refractivity contribution in [3.05, 3.63) is 47.9 Å². The molecule has 114 valence electrons. The molecule has 0 saturated heterocycles. The normalized spacial score (nSPS) is 11.0. The molecule has 0 unspecified atom stereocenters. The Morgan fingerprint density at radius 1 is 1.27 bits per heavy atom. The number of phenolic OH excluding ortho intramolecular Hbond substituents is 1. The van der Waals surface area contributed by atoms with Gasteiger partial charge in [0.25, 0.3) is 5.78 Å². The Morgan fingerprint density at radius 2 is 2.09 bits per heavy atom. The lowest BCUT2D eigenvalue weighted by Crippen LogP contribution is -2.26. The first-order valence-electron chi connectivity index (χ1n) is 7.38. The van der Waals surface area contributed by atoms with Crippen LogP contribution in [0.4, 0.5) is 5.82 Å². The van der Waals surface area contributed by atoms with Gasteiger partial charge in [0.15, 0.2) is 0 Å². The average Bonchev–Trinajstić information content (AvgIpc) is 2.96. The van der Waals surface area contributed by atoms with E-state index in [0.29, 0.717) is 18.1 Å². The van der Waals surface area contributed by atoms with Crippen molar-refractivity contribution in [1.29, 1.82) is 0 Å². The van der Waals surface area contributed by atoms with Gasteiger partial charge < -0.3 is 10.0 Å². The molecule has 0 fully saturated rings. The minimum atomic E-state index is 0.309. The van der Waals surface area contributed by atoms with E-state index in [9.17, 15) is 5.11 Å². The van der Waals surface area contributed by atoms with E-state index in [1.807, 2.05) is 31.2 Å². The molecule has 6 nitrogen and oxygen atoms in total. The molecule has 0 amide bonds. The van der Waals surface area contributed by atoms with Crippen LogP contribution in [0.15, 0.2) is 36.7 Å². The Kier molecular flexibility index (Phi) is 3.91. The number of fused-ring (bicyclic) bond motifs is 1. The molecule has 0 radical (unpaired) electrons. The van der Waals surface area contributed by atoms with Crippen molar-refractivity contribution in [2.45, 2.75) is 26.8 Å². The van der Waals surface area contributed by atoms with Gasteiger partial charge in [0.2, 0.25) is 0 Å². The Hall–Kier alpha value is -2.63. The number of rotatable bonds is 5. The van der Waals surface area contributed by atoms with Crippen LogP contribution < -0.4 is 4.90 Å². The van der Waals surface area contributed by atoms with Crippen molar-refractivity contribution in [1.82, 2.24) is 19.6 Å². The van der Waals surface area contributed by atoms with Crippen molar-refractivity contribution in [3.8, 4) is 5.75 Å². The maximum atomic E-state index is 10.0. The second-order valence-electron chi connectivity index (χ2n) is 5.28. The van der Waals surface area contributed by atoms with E-state index in [0.717, 1.165) is 30.0 Å². The topological polar surface area (TPSA) is 66.5 Å². The molecule has 6 heteroatoms. The molecule has 0 aliphatic heterocycles. The van der Waals surface area contributed by atoms with Gasteiger partial charge in [0, 0.05) is 30.4 Å². The molecule has 2 heterocycles. The van der Waals surface area contributed by atoms with Crippen LogP contribution in [-0.2, 0) is 6.54 Å². The zero-order valence-electron chi connectivity index (χ0n) is 12.8. The van der Waals surface area contributed by atoms with Gasteiger partial charge in [-0.2, -0.15) is 14.6 Å². The molecule has 22 heavy (non-hydrogen) atoms. The average molecular weight is 297 g/mol. The zero-order chi connectivity index (χ0) is 15.5. The molecule has 0 bridgehead atoms. The summed E-state index contributed by atoms with van der Waals surface area (Å²) in [5.74, 6) is 1.84. The first-order chi connectivity index (χ1) is 10.7. The number of para-hydroxylation sites is 1. The van der Waals surface area contributed by atoms with Gasteiger partial charge in [-0.1, -0.05) is 25.1 Å². The molecule has 0 aliphatic carbocycles. The molecule has 3 aromatic rings. The number of hydrogen-bond acceptors (Lipinski definition) is 5. The zero-order valence-corrected chi connectivity index (χ0v) is 12.8. The Labute approximate surface area is 129 Å². The fourth-order valence-electron chi connectivity index (χ4n) is 2.53. The summed E-state index contributed by atoms with van der Waals surface area (Å²) in [5.41, 5.74) is 1.78. The van der Waals surface area contributed by atoms with Crippen molar-refractivity contribution in [2.24, 2.45) is 0 Å². The molecule has 1 N–H and O–H groups in total. The molecule has 0 atom stereocenters. The molecule has 0 spiro atoms. The standard InChI is InChI=1S/C16H19N5O/c1-3-8-20(10-13-6-4-5-7-14(13)22)15-9-12(2)19-16-17-11-18-21(15)16/h4-7,9,11,22H,3,8,10H2,1-2H3. The lowest BCUT2D eigenvalue weighted by Gasteiger charge is -2.25. The highest BCUT2D eigenvalue weighted by molar-refractivity contribution is 5.48. The Bertz CT molecular complexity index is 783. The van der Waals surface area contributed by atoms with Gasteiger partial charge >= 0.3 is 0 Å². The smallest absolute Gasteiger partial charge is 0.254 e. The van der Waals surface area contributed by atoms with Crippen LogP contribution in [0.1, 0.15) is 24.6 Å². The second kappa shape index (κ2) is 6.01. The van der Waals surface area contributed by atoms with E-state index in [1.165, 1.54) is 6.33 Å². The molecule has 3 rings (SSSR count). The molecule has 0 saturated carbocycles. The summed E-state index contributed by atoms with van der Waals surface area (Å²) < 4.78 is 1.74. The Morgan fingerprint density at radius 3 is 2.86 bits per heavy atom. The van der Waals surface area contributed by atoms with Crippen LogP contribution in [0.25, 0.3) is 5.78 Å². The number of aromatic nitrogens is 4. The number of hydrogen-bond donors (Lipinski definition) is 1. The van der Waals surface area contributed by atoms with E-state index in [1.54, 1.807) is 10.6 Å². The summed E-state index contributed by atoms with van der Waals surface area (Å²) in [6.45, 7) is 5.54. The first kappa shape index (κ1) is 14.3. The highest BCUT2D eigenvalue weighted by Crippen LogP contribution is 2.23. The summed E-state index contributed by atoms with van der Waals surface area (Å²) in [7, 11) is 0. The minimum Gasteiger partial charge on any atom is -0.508 e. The third kappa shape index (κ3) is 2.72. The highest BCUT2D eigenvalue weighted by atomic mass is 16.3. The van der Waals surface area contributed by atoms with Gasteiger partial charge in [0.1, 0.15) is 17.9 Å². The van der Waals surface area contributed by atoms with Crippen LogP contribution in [-0.4, -0.2) is 31.2 Å². The molecular formula is C16H19N5O. The number of anilines is 1. The number of aromatic hydroxyl groups is 1. The summed E-state index contributed by atoms with van der Waals surface area (Å²) >= 11 is 0. The number of nitrogens with zero attached hydrogens (tertiary/aromatic N) is 5. The predicted molar refractivity (Wildman–Crippen MR) is 85.0 cm³/mol. The second-order valence-corrected chi connectivity index (χ2v) is 5.28. The lowest BCUT2D eigenvalue weighted by atomic mass is 10.2. The number of aryl methyl sites for hydroxylation is 1. The third-order valence-electron chi connectivity index (χ3n) is 3.53. The molecular weight excluding hydrogens is 278 g/mol. The van der Waals surface area contributed by atoms with Crippen molar-refractivity contribution in [3.63, 3.8) is 0 Å². The number of phenols is 1. The van der Waals surface area contributed by atoms with Crippen LogP contribution in [0.2, 0.25) is 0 Å². The van der Waals surface area contributed by atoms with Gasteiger partial charge in [-0.05, 0) is 19.4 Å². The molecule has 2 aromatic heterocycles. The van der Waals surface area contributed by atoms with E-state index >= 15 is 0 Å². The van der Waals surface area contributed by atoms with Gasteiger partial charge in [-0.25, -0.2) is 4.98 Å². The minimum absolute atomic E-state index is 0.309. The van der Waals surface area contributed by atoms with Crippen LogP contribution in [0.3, 0.4) is 0 Å². The third-order valence-corrected chi connectivity index (χ3v) is 3.53. The largest absolute Gasteiger partial charge is 0.508 e. The van der Waals surface area contributed by atoms with E-state index in [2.05, 4.69) is 26.9 Å². The van der Waals surface area contributed by atoms with Crippen molar-refractivity contribution in [2.75, 3.05) is 11.4 Å². The van der Waals surface area contributed by atoms with Gasteiger partial charge in [-0.15, -0.1) is 0 Å². The quantitative estimate of drug-likeness (QED) is 0.784. The van der Waals surface area contributed by atoms with Gasteiger partial charge in [0.05, 0.1) is 0 Å².